The van der Waals surface area contributed by atoms with Crippen LogP contribution in [0.4, 0.5) is 0 Å². The Balaban J connectivity index is 1.51. The molecule has 0 spiro atoms. The molecule has 1 saturated heterocycles. The second-order valence-electron chi connectivity index (χ2n) is 7.39. The van der Waals surface area contributed by atoms with Gasteiger partial charge in [0, 0.05) is 31.1 Å². The highest BCUT2D eigenvalue weighted by atomic mass is 16.3. The fourth-order valence-electron chi connectivity index (χ4n) is 4.69. The van der Waals surface area contributed by atoms with E-state index in [0.717, 1.165) is 55.8 Å². The van der Waals surface area contributed by atoms with Gasteiger partial charge in [-0.05, 0) is 25.2 Å². The number of H-pyrrole nitrogens is 1. The Labute approximate surface area is 143 Å². The van der Waals surface area contributed by atoms with E-state index in [1.165, 1.54) is 6.42 Å². The number of aromatic amines is 1. The van der Waals surface area contributed by atoms with E-state index in [4.69, 9.17) is 0 Å². The quantitative estimate of drug-likeness (QED) is 0.907. The first-order valence-electron chi connectivity index (χ1n) is 9.09. The number of benzene rings is 1. The molecule has 1 aromatic carbocycles. The van der Waals surface area contributed by atoms with Gasteiger partial charge in [-0.1, -0.05) is 43.7 Å². The zero-order valence-corrected chi connectivity index (χ0v) is 14.3. The van der Waals surface area contributed by atoms with Crippen molar-refractivity contribution in [2.24, 2.45) is 11.8 Å². The number of hydrogen-bond donors (Lipinski definition) is 2. The highest BCUT2D eigenvalue weighted by Crippen LogP contribution is 2.44. The summed E-state index contributed by atoms with van der Waals surface area (Å²) in [5.74, 6) is 1.03. The maximum Gasteiger partial charge on any atom is 0.117 e. The van der Waals surface area contributed by atoms with Crippen LogP contribution in [0.2, 0.25) is 0 Å². The minimum Gasteiger partial charge on any atom is -0.390 e. The zero-order valence-electron chi connectivity index (χ0n) is 14.3. The van der Waals surface area contributed by atoms with E-state index in [2.05, 4.69) is 39.4 Å². The van der Waals surface area contributed by atoms with Gasteiger partial charge in [-0.15, -0.1) is 0 Å². The van der Waals surface area contributed by atoms with Crippen molar-refractivity contribution < 1.29 is 5.11 Å². The summed E-state index contributed by atoms with van der Waals surface area (Å²) >= 11 is 0. The predicted molar refractivity (Wildman–Crippen MR) is 93.2 cm³/mol. The van der Waals surface area contributed by atoms with Gasteiger partial charge < -0.3 is 5.11 Å². The normalized spacial score (nSPS) is 30.4. The fraction of sp³-hybridized carbons (Fsp3) is 0.579. The number of rotatable bonds is 4. The van der Waals surface area contributed by atoms with Crippen molar-refractivity contribution in [2.45, 2.75) is 44.8 Å². The molecule has 2 fully saturated rings. The Hall–Kier alpha value is -1.72. The van der Waals surface area contributed by atoms with Crippen molar-refractivity contribution in [2.75, 3.05) is 13.1 Å². The van der Waals surface area contributed by atoms with Gasteiger partial charge >= 0.3 is 0 Å². The average Bonchev–Trinajstić information content (AvgIpc) is 3.23. The molecule has 2 N–H and O–H groups in total. The van der Waals surface area contributed by atoms with E-state index < -0.39 is 5.60 Å². The summed E-state index contributed by atoms with van der Waals surface area (Å²) < 4.78 is 0. The van der Waals surface area contributed by atoms with Gasteiger partial charge in [0.2, 0.25) is 0 Å². The summed E-state index contributed by atoms with van der Waals surface area (Å²) in [6.45, 7) is 4.95. The van der Waals surface area contributed by atoms with Crippen LogP contribution in [0, 0.1) is 11.8 Å². The molecular formula is C19H26N4O. The molecule has 3 atom stereocenters. The molecule has 1 aliphatic carbocycles. The molecule has 0 amide bonds. The molecule has 2 aliphatic rings. The van der Waals surface area contributed by atoms with E-state index in [9.17, 15) is 5.11 Å². The van der Waals surface area contributed by atoms with E-state index in [0.29, 0.717) is 11.8 Å². The first-order valence-corrected chi connectivity index (χ1v) is 9.09. The highest BCUT2D eigenvalue weighted by molar-refractivity contribution is 5.60. The smallest absolute Gasteiger partial charge is 0.117 e. The van der Waals surface area contributed by atoms with Crippen molar-refractivity contribution in [1.29, 1.82) is 0 Å². The van der Waals surface area contributed by atoms with Gasteiger partial charge in [0.05, 0.1) is 5.60 Å². The van der Waals surface area contributed by atoms with Gasteiger partial charge in [-0.25, -0.2) is 0 Å². The third-order valence-electron chi connectivity index (χ3n) is 6.04. The van der Waals surface area contributed by atoms with Crippen LogP contribution in [0.15, 0.2) is 30.3 Å². The number of likely N-dealkylation sites (tertiary alicyclic amines) is 1. The Bertz CT molecular complexity index is 686. The predicted octanol–water partition coefficient (Wildman–Crippen LogP) is 2.84. The van der Waals surface area contributed by atoms with Crippen LogP contribution < -0.4 is 0 Å². The molecule has 5 nitrogen and oxygen atoms in total. The first-order chi connectivity index (χ1) is 11.7. The third kappa shape index (κ3) is 2.76. The van der Waals surface area contributed by atoms with Crippen LogP contribution in [0.3, 0.4) is 0 Å². The van der Waals surface area contributed by atoms with Crippen LogP contribution in [0.1, 0.15) is 38.3 Å². The molecule has 4 rings (SSSR count). The molecule has 0 radical (unpaired) electrons. The van der Waals surface area contributed by atoms with E-state index in [1.807, 2.05) is 18.2 Å². The number of nitrogens with one attached hydrogen (secondary N) is 1. The summed E-state index contributed by atoms with van der Waals surface area (Å²) in [4.78, 5) is 2.45. The lowest BCUT2D eigenvalue weighted by Crippen LogP contribution is -2.44. The van der Waals surface area contributed by atoms with E-state index in [1.54, 1.807) is 0 Å². The third-order valence-corrected chi connectivity index (χ3v) is 6.04. The average molecular weight is 326 g/mol. The second-order valence-corrected chi connectivity index (χ2v) is 7.39. The Morgan fingerprint density at radius 2 is 2.08 bits per heavy atom. The minimum atomic E-state index is -0.469. The Morgan fingerprint density at radius 1 is 1.25 bits per heavy atom. The molecule has 24 heavy (non-hydrogen) atoms. The standard InChI is InChI=1S/C19H26N4O/c1-2-19(24)10-6-9-15-11-23(12-16(15)19)13-17-18(21-22-20-17)14-7-4-3-5-8-14/h3-5,7-8,15-16,24H,2,6,9-13H2,1H3,(H,20,21,22)/t15-,16+,19-/m0/s1. The molecule has 2 aromatic rings. The minimum absolute atomic E-state index is 0.406. The summed E-state index contributed by atoms with van der Waals surface area (Å²) in [5.41, 5.74) is 2.57. The molecule has 1 saturated carbocycles. The summed E-state index contributed by atoms with van der Waals surface area (Å²) in [6, 6.07) is 10.2. The van der Waals surface area contributed by atoms with Gasteiger partial charge in [-0.3, -0.25) is 4.90 Å². The topological polar surface area (TPSA) is 65.0 Å². The van der Waals surface area contributed by atoms with Crippen LogP contribution in [-0.4, -0.2) is 44.1 Å². The number of hydrogen-bond acceptors (Lipinski definition) is 4. The van der Waals surface area contributed by atoms with E-state index in [-0.39, 0.29) is 0 Å². The van der Waals surface area contributed by atoms with E-state index >= 15 is 0 Å². The number of fused-ring (bicyclic) bond motifs is 1. The molecular weight excluding hydrogens is 300 g/mol. The molecule has 2 heterocycles. The van der Waals surface area contributed by atoms with Gasteiger partial charge in [0.25, 0.3) is 0 Å². The second kappa shape index (κ2) is 6.30. The Morgan fingerprint density at radius 3 is 2.88 bits per heavy atom. The van der Waals surface area contributed by atoms with Crippen molar-refractivity contribution in [1.82, 2.24) is 20.3 Å². The number of aliphatic hydroxyl groups is 1. The summed E-state index contributed by atoms with van der Waals surface area (Å²) in [7, 11) is 0. The molecule has 5 heteroatoms. The lowest BCUT2D eigenvalue weighted by molar-refractivity contribution is -0.0613. The summed E-state index contributed by atoms with van der Waals surface area (Å²) in [5, 5.41) is 22.5. The van der Waals surface area contributed by atoms with Gasteiger partial charge in [0.15, 0.2) is 0 Å². The van der Waals surface area contributed by atoms with Crippen molar-refractivity contribution >= 4 is 0 Å². The van der Waals surface area contributed by atoms with Crippen LogP contribution in [0.25, 0.3) is 11.3 Å². The van der Waals surface area contributed by atoms with Crippen molar-refractivity contribution in [3.8, 4) is 11.3 Å². The van der Waals surface area contributed by atoms with Crippen LogP contribution >= 0.6 is 0 Å². The fourth-order valence-corrected chi connectivity index (χ4v) is 4.69. The van der Waals surface area contributed by atoms with Gasteiger partial charge in [0.1, 0.15) is 11.4 Å². The molecule has 128 valence electrons. The maximum absolute atomic E-state index is 11.0. The zero-order chi connectivity index (χ0) is 16.6. The molecule has 1 aromatic heterocycles. The van der Waals surface area contributed by atoms with Crippen LogP contribution in [0.5, 0.6) is 0 Å². The molecule has 0 unspecified atom stereocenters. The van der Waals surface area contributed by atoms with Crippen molar-refractivity contribution in [3.05, 3.63) is 36.0 Å². The molecule has 0 bridgehead atoms. The number of nitrogens with zero attached hydrogens (tertiary/aromatic N) is 3. The molecule has 1 aliphatic heterocycles. The lowest BCUT2D eigenvalue weighted by atomic mass is 9.69. The first kappa shape index (κ1) is 15.8. The highest BCUT2D eigenvalue weighted by Gasteiger charge is 2.47. The van der Waals surface area contributed by atoms with Gasteiger partial charge in [-0.2, -0.15) is 15.4 Å². The maximum atomic E-state index is 11.0. The SMILES string of the molecule is CC[C@]1(O)CCC[C@H]2CN(Cc3n[nH]nc3-c3ccccc3)C[C@H]21. The van der Waals surface area contributed by atoms with Crippen molar-refractivity contribution in [3.63, 3.8) is 0 Å². The van der Waals surface area contributed by atoms with Crippen LogP contribution in [-0.2, 0) is 6.54 Å². The number of aromatic nitrogens is 3. The summed E-state index contributed by atoms with van der Waals surface area (Å²) in [6.07, 6.45) is 4.21. The monoisotopic (exact) mass is 326 g/mol. The lowest BCUT2D eigenvalue weighted by Gasteiger charge is -2.40. The largest absolute Gasteiger partial charge is 0.390 e. The Kier molecular flexibility index (Phi) is 4.14.